The van der Waals surface area contributed by atoms with E-state index in [1.807, 2.05) is 54.6 Å². The van der Waals surface area contributed by atoms with E-state index in [2.05, 4.69) is 0 Å². The van der Waals surface area contributed by atoms with Crippen LogP contribution in [0.2, 0.25) is 0 Å². The Labute approximate surface area is 140 Å². The molecule has 0 saturated carbocycles. The second-order valence-corrected chi connectivity index (χ2v) is 5.83. The summed E-state index contributed by atoms with van der Waals surface area (Å²) in [5, 5.41) is 9.53. The van der Waals surface area contributed by atoms with Crippen LogP contribution in [0.15, 0.2) is 54.6 Å². The summed E-state index contributed by atoms with van der Waals surface area (Å²) in [7, 11) is 1.49. The molecule has 24 heavy (non-hydrogen) atoms. The number of hydrogen-bond donors (Lipinski definition) is 1. The summed E-state index contributed by atoms with van der Waals surface area (Å²) in [6, 6.07) is 16.6. The molecule has 0 spiro atoms. The first-order valence-electron chi connectivity index (χ1n) is 7.79. The molecule has 0 bridgehead atoms. The zero-order valence-electron chi connectivity index (χ0n) is 13.4. The van der Waals surface area contributed by atoms with Crippen LogP contribution in [0.25, 0.3) is 0 Å². The third kappa shape index (κ3) is 3.03. The first-order chi connectivity index (χ1) is 11.6. The van der Waals surface area contributed by atoms with Crippen LogP contribution in [0, 0.1) is 0 Å². The standard InChI is InChI=1S/C19H19NO4/c1-24-17(13-7-3-2-4-8-13)18(21)20-11-14-9-5-6-10-15(14)16(12-20)19(22)23/h2-10,16-17H,11-12H2,1H3,(H,22,23). The minimum absolute atomic E-state index is 0.151. The molecule has 0 aromatic heterocycles. The summed E-state index contributed by atoms with van der Waals surface area (Å²) in [4.78, 5) is 26.1. The zero-order valence-corrected chi connectivity index (χ0v) is 13.4. The Morgan fingerprint density at radius 1 is 1.12 bits per heavy atom. The van der Waals surface area contributed by atoms with Crippen molar-refractivity contribution in [2.45, 2.75) is 18.6 Å². The van der Waals surface area contributed by atoms with E-state index in [4.69, 9.17) is 4.74 Å². The molecule has 3 rings (SSSR count). The van der Waals surface area contributed by atoms with Crippen LogP contribution in [0.1, 0.15) is 28.7 Å². The van der Waals surface area contributed by atoms with Crippen LogP contribution in [0.4, 0.5) is 0 Å². The van der Waals surface area contributed by atoms with Crippen molar-refractivity contribution in [1.82, 2.24) is 4.90 Å². The van der Waals surface area contributed by atoms with Crippen LogP contribution in [-0.2, 0) is 20.9 Å². The van der Waals surface area contributed by atoms with Gasteiger partial charge < -0.3 is 14.7 Å². The summed E-state index contributed by atoms with van der Waals surface area (Å²) in [6.07, 6.45) is -0.731. The predicted molar refractivity (Wildman–Crippen MR) is 88.4 cm³/mol. The lowest BCUT2D eigenvalue weighted by molar-refractivity contribution is -0.146. The molecule has 0 saturated heterocycles. The fourth-order valence-electron chi connectivity index (χ4n) is 3.16. The van der Waals surface area contributed by atoms with Gasteiger partial charge in [0.05, 0.1) is 5.92 Å². The van der Waals surface area contributed by atoms with Crippen molar-refractivity contribution in [3.63, 3.8) is 0 Å². The van der Waals surface area contributed by atoms with Crippen molar-refractivity contribution in [2.24, 2.45) is 0 Å². The number of ether oxygens (including phenoxy) is 1. The van der Waals surface area contributed by atoms with Gasteiger partial charge in [0, 0.05) is 20.2 Å². The van der Waals surface area contributed by atoms with Crippen LogP contribution in [0.5, 0.6) is 0 Å². The van der Waals surface area contributed by atoms with Crippen molar-refractivity contribution < 1.29 is 19.4 Å². The van der Waals surface area contributed by atoms with Crippen LogP contribution >= 0.6 is 0 Å². The Kier molecular flexibility index (Phi) is 4.62. The molecule has 1 N–H and O–H groups in total. The maximum absolute atomic E-state index is 12.9. The second-order valence-electron chi connectivity index (χ2n) is 5.83. The van der Waals surface area contributed by atoms with E-state index in [1.54, 1.807) is 4.90 Å². The van der Waals surface area contributed by atoms with Gasteiger partial charge in [-0.05, 0) is 16.7 Å². The Hall–Kier alpha value is -2.66. The monoisotopic (exact) mass is 325 g/mol. The first-order valence-corrected chi connectivity index (χ1v) is 7.79. The summed E-state index contributed by atoms with van der Waals surface area (Å²) in [6.45, 7) is 0.545. The number of nitrogens with zero attached hydrogens (tertiary/aromatic N) is 1. The highest BCUT2D eigenvalue weighted by Crippen LogP contribution is 2.31. The van der Waals surface area contributed by atoms with Gasteiger partial charge in [-0.25, -0.2) is 0 Å². The number of fused-ring (bicyclic) bond motifs is 1. The van der Waals surface area contributed by atoms with Gasteiger partial charge in [0.1, 0.15) is 0 Å². The molecule has 1 aliphatic heterocycles. The van der Waals surface area contributed by atoms with Gasteiger partial charge in [-0.2, -0.15) is 0 Å². The molecule has 0 fully saturated rings. The van der Waals surface area contributed by atoms with Gasteiger partial charge in [-0.3, -0.25) is 9.59 Å². The van der Waals surface area contributed by atoms with Crippen molar-refractivity contribution in [3.8, 4) is 0 Å². The van der Waals surface area contributed by atoms with Crippen molar-refractivity contribution in [3.05, 3.63) is 71.3 Å². The molecule has 2 aromatic carbocycles. The zero-order chi connectivity index (χ0) is 17.1. The Balaban J connectivity index is 1.90. The maximum Gasteiger partial charge on any atom is 0.312 e. The van der Waals surface area contributed by atoms with Crippen molar-refractivity contribution >= 4 is 11.9 Å². The number of aliphatic carboxylic acids is 1. The van der Waals surface area contributed by atoms with Crippen LogP contribution in [-0.4, -0.2) is 35.5 Å². The molecule has 1 aliphatic rings. The molecule has 1 heterocycles. The first kappa shape index (κ1) is 16.2. The summed E-state index contributed by atoms with van der Waals surface area (Å²) in [5.74, 6) is -1.86. The van der Waals surface area contributed by atoms with E-state index >= 15 is 0 Å². The molecular weight excluding hydrogens is 306 g/mol. The largest absolute Gasteiger partial charge is 0.481 e. The number of carbonyl (C=O) groups excluding carboxylic acids is 1. The summed E-state index contributed by atoms with van der Waals surface area (Å²) < 4.78 is 5.40. The van der Waals surface area contributed by atoms with Gasteiger partial charge in [-0.1, -0.05) is 54.6 Å². The maximum atomic E-state index is 12.9. The molecule has 2 aromatic rings. The fraction of sp³-hybridized carbons (Fsp3) is 0.263. The molecule has 0 radical (unpaired) electrons. The van der Waals surface area contributed by atoms with Crippen LogP contribution in [0.3, 0.4) is 0 Å². The predicted octanol–water partition coefficient (Wildman–Crippen LogP) is 2.58. The molecule has 5 heteroatoms. The van der Waals surface area contributed by atoms with E-state index in [1.165, 1.54) is 7.11 Å². The average molecular weight is 325 g/mol. The highest BCUT2D eigenvalue weighted by molar-refractivity contribution is 5.85. The van der Waals surface area contributed by atoms with E-state index in [0.717, 1.165) is 16.7 Å². The normalized spacial score (nSPS) is 17.9. The van der Waals surface area contributed by atoms with Crippen molar-refractivity contribution in [2.75, 3.05) is 13.7 Å². The molecule has 2 unspecified atom stereocenters. The van der Waals surface area contributed by atoms with Crippen LogP contribution < -0.4 is 0 Å². The SMILES string of the molecule is COC(C(=O)N1Cc2ccccc2C(C(=O)O)C1)c1ccccc1. The van der Waals surface area contributed by atoms with Crippen molar-refractivity contribution in [1.29, 1.82) is 0 Å². The molecular formula is C19H19NO4. The topological polar surface area (TPSA) is 66.8 Å². The van der Waals surface area contributed by atoms with Gasteiger partial charge in [0.2, 0.25) is 0 Å². The highest BCUT2D eigenvalue weighted by atomic mass is 16.5. The van der Waals surface area contributed by atoms with E-state index in [0.29, 0.717) is 6.54 Å². The summed E-state index contributed by atoms with van der Waals surface area (Å²) >= 11 is 0. The lowest BCUT2D eigenvalue weighted by Gasteiger charge is -2.34. The van der Waals surface area contributed by atoms with Gasteiger partial charge in [-0.15, -0.1) is 0 Å². The second kappa shape index (κ2) is 6.84. The van der Waals surface area contributed by atoms with E-state index in [9.17, 15) is 14.7 Å². The Bertz CT molecular complexity index is 744. The van der Waals surface area contributed by atoms with E-state index in [-0.39, 0.29) is 12.5 Å². The van der Waals surface area contributed by atoms with Gasteiger partial charge >= 0.3 is 5.97 Å². The van der Waals surface area contributed by atoms with Gasteiger partial charge in [0.15, 0.2) is 6.10 Å². The summed E-state index contributed by atoms with van der Waals surface area (Å²) in [5.41, 5.74) is 2.41. The molecule has 124 valence electrons. The Morgan fingerprint density at radius 3 is 2.46 bits per heavy atom. The fourth-order valence-corrected chi connectivity index (χ4v) is 3.16. The highest BCUT2D eigenvalue weighted by Gasteiger charge is 2.35. The number of rotatable bonds is 4. The lowest BCUT2D eigenvalue weighted by atomic mass is 9.89. The molecule has 2 atom stereocenters. The third-order valence-corrected chi connectivity index (χ3v) is 4.37. The number of hydrogen-bond acceptors (Lipinski definition) is 3. The molecule has 5 nitrogen and oxygen atoms in total. The lowest BCUT2D eigenvalue weighted by Crippen LogP contribution is -2.43. The smallest absolute Gasteiger partial charge is 0.312 e. The number of carbonyl (C=O) groups is 2. The number of carboxylic acid groups (broad SMARTS) is 1. The van der Waals surface area contributed by atoms with Gasteiger partial charge in [0.25, 0.3) is 5.91 Å². The average Bonchev–Trinajstić information content (AvgIpc) is 2.62. The quantitative estimate of drug-likeness (QED) is 0.938. The number of methoxy groups -OCH3 is 1. The third-order valence-electron chi connectivity index (χ3n) is 4.37. The number of carboxylic acids is 1. The Morgan fingerprint density at radius 2 is 1.79 bits per heavy atom. The number of benzene rings is 2. The minimum Gasteiger partial charge on any atom is -0.481 e. The van der Waals surface area contributed by atoms with E-state index < -0.39 is 18.0 Å². The minimum atomic E-state index is -0.923. The number of amides is 1. The molecule has 0 aliphatic carbocycles. The molecule has 1 amide bonds.